The van der Waals surface area contributed by atoms with Gasteiger partial charge in [-0.2, -0.15) is 4.98 Å². The maximum absolute atomic E-state index is 14.0. The van der Waals surface area contributed by atoms with E-state index in [0.29, 0.717) is 42.9 Å². The Morgan fingerprint density at radius 1 is 0.887 bits per heavy atom. The number of piperidine rings is 1. The number of aliphatic hydroxyl groups excluding tert-OH is 1. The number of aryl methyl sites for hydroxylation is 2. The van der Waals surface area contributed by atoms with E-state index in [1.54, 1.807) is 49.4 Å². The van der Waals surface area contributed by atoms with Crippen molar-refractivity contribution < 1.29 is 46.9 Å². The van der Waals surface area contributed by atoms with Crippen LogP contribution in [-0.4, -0.2) is 151 Å². The first-order valence-electron chi connectivity index (χ1n) is 27.3. The first-order valence-corrected chi connectivity index (χ1v) is 30.1. The van der Waals surface area contributed by atoms with Gasteiger partial charge in [0, 0.05) is 26.1 Å². The van der Waals surface area contributed by atoms with Gasteiger partial charge in [0.25, 0.3) is 0 Å². The zero-order valence-electron chi connectivity index (χ0n) is 47.3. The molecule has 0 saturated carbocycles. The number of carbonyl (C=O) groups is 3. The second-order valence-electron chi connectivity index (χ2n) is 21.9. The van der Waals surface area contributed by atoms with Crippen molar-refractivity contribution in [2.45, 2.75) is 128 Å². The summed E-state index contributed by atoms with van der Waals surface area (Å²) in [6, 6.07) is 16.8. The van der Waals surface area contributed by atoms with Crippen molar-refractivity contribution in [3.63, 3.8) is 0 Å². The lowest BCUT2D eigenvalue weighted by molar-refractivity contribution is -0.144. The van der Waals surface area contributed by atoms with Gasteiger partial charge in [-0.05, 0) is 125 Å². The largest absolute Gasteiger partial charge is 0.489 e. The van der Waals surface area contributed by atoms with Crippen LogP contribution in [0.25, 0.3) is 10.4 Å². The number of hydrogen-bond donors (Lipinski definition) is 5. The predicted octanol–water partition coefficient (Wildman–Crippen LogP) is 8.37. The minimum atomic E-state index is -3.59. The minimum Gasteiger partial charge on any atom is -0.489 e. The highest BCUT2D eigenvalue weighted by molar-refractivity contribution is 7.92. The number of β-amino-alcohol motifs (C(OH)–C–C–N with tert-alkyl or cyclic N) is 1. The number of rotatable bonds is 26. The van der Waals surface area contributed by atoms with Crippen LogP contribution < -0.4 is 26.0 Å². The number of nitrogens with zero attached hydrogens (tertiary/aromatic N) is 5. The Morgan fingerprint density at radius 3 is 2.24 bits per heavy atom. The average molecular weight is 1160 g/mol. The fourth-order valence-corrected chi connectivity index (χ4v) is 11.8. The molecule has 2 aliphatic heterocycles. The van der Waals surface area contributed by atoms with E-state index in [-0.39, 0.29) is 73.0 Å². The van der Waals surface area contributed by atoms with Crippen molar-refractivity contribution in [2.75, 3.05) is 76.5 Å². The number of hydrogen-bond acceptors (Lipinski definition) is 17. The third-order valence-electron chi connectivity index (χ3n) is 14.1. The summed E-state index contributed by atoms with van der Waals surface area (Å²) < 4.78 is 49.8. The van der Waals surface area contributed by atoms with E-state index in [9.17, 15) is 27.9 Å². The number of para-hydroxylation sites is 1. The second-order valence-corrected chi connectivity index (χ2v) is 25.7. The number of benzene rings is 3. The molecule has 0 aliphatic carbocycles. The number of ether oxygens (including phenoxy) is 4. The van der Waals surface area contributed by atoms with Gasteiger partial charge in [-0.25, -0.2) is 18.4 Å². The smallest absolute Gasteiger partial charge is 0.246 e. The van der Waals surface area contributed by atoms with Gasteiger partial charge in [0.1, 0.15) is 29.5 Å². The Hall–Kier alpha value is -5.78. The fraction of sp³-hybridized carbons (Fsp3) is 0.517. The van der Waals surface area contributed by atoms with Crippen LogP contribution in [0.4, 0.5) is 23.1 Å². The van der Waals surface area contributed by atoms with Gasteiger partial charge in [-0.3, -0.25) is 14.4 Å². The van der Waals surface area contributed by atoms with Gasteiger partial charge in [-0.15, -0.1) is 11.3 Å². The lowest BCUT2D eigenvalue weighted by Gasteiger charge is -2.35. The van der Waals surface area contributed by atoms with Crippen LogP contribution in [0.2, 0.25) is 5.02 Å². The van der Waals surface area contributed by atoms with Crippen molar-refractivity contribution in [1.29, 1.82) is 0 Å². The Balaban J connectivity index is 0.791. The van der Waals surface area contributed by atoms with Crippen LogP contribution in [0.3, 0.4) is 0 Å². The van der Waals surface area contributed by atoms with Gasteiger partial charge in [0.05, 0.1) is 89.0 Å². The normalized spacial score (nSPS) is 16.7. The topological polar surface area (TPSA) is 236 Å². The zero-order chi connectivity index (χ0) is 57.7. The number of aliphatic hydroxyl groups is 1. The van der Waals surface area contributed by atoms with Crippen LogP contribution in [0.5, 0.6) is 5.75 Å². The van der Waals surface area contributed by atoms with E-state index in [4.69, 9.17) is 30.5 Å². The molecular formula is C58H78ClN9O10S2. The molecule has 19 nitrogen and oxygen atoms in total. The summed E-state index contributed by atoms with van der Waals surface area (Å²) in [5.74, 6) is 0.225. The summed E-state index contributed by atoms with van der Waals surface area (Å²) in [4.78, 5) is 59.0. The van der Waals surface area contributed by atoms with Crippen LogP contribution in [0.1, 0.15) is 96.0 Å². The molecule has 3 aromatic carbocycles. The third-order valence-corrected chi connectivity index (χ3v) is 17.5. The molecule has 5 N–H and O–H groups in total. The molecule has 2 saturated heterocycles. The van der Waals surface area contributed by atoms with E-state index in [1.807, 2.05) is 71.3 Å². The van der Waals surface area contributed by atoms with Crippen molar-refractivity contribution in [1.82, 2.24) is 35.4 Å². The molecule has 2 fully saturated rings. The van der Waals surface area contributed by atoms with Crippen molar-refractivity contribution >= 4 is 73.6 Å². The molecule has 0 bridgehead atoms. The quantitative estimate of drug-likeness (QED) is 0.0327. The van der Waals surface area contributed by atoms with Gasteiger partial charge in [0.15, 0.2) is 15.7 Å². The molecule has 80 heavy (non-hydrogen) atoms. The number of thiazole rings is 1. The molecule has 3 amide bonds. The Morgan fingerprint density at radius 2 is 1.57 bits per heavy atom. The van der Waals surface area contributed by atoms with Gasteiger partial charge in [-0.1, -0.05) is 68.8 Å². The molecule has 2 aliphatic rings. The van der Waals surface area contributed by atoms with Crippen molar-refractivity contribution in [3.8, 4) is 16.2 Å². The molecule has 0 radical (unpaired) electrons. The first-order chi connectivity index (χ1) is 38.1. The Labute approximate surface area is 479 Å². The van der Waals surface area contributed by atoms with Crippen molar-refractivity contribution in [3.05, 3.63) is 99.8 Å². The van der Waals surface area contributed by atoms with E-state index >= 15 is 0 Å². The first kappa shape index (κ1) is 61.8. The van der Waals surface area contributed by atoms with Gasteiger partial charge in [0.2, 0.25) is 23.7 Å². The molecular weight excluding hydrogens is 1080 g/mol. The van der Waals surface area contributed by atoms with E-state index < -0.39 is 50.5 Å². The third kappa shape index (κ3) is 16.7. The summed E-state index contributed by atoms with van der Waals surface area (Å²) in [7, 11) is -3.59. The summed E-state index contributed by atoms with van der Waals surface area (Å²) in [6.45, 7) is 21.1. The molecule has 5 aromatic rings. The average Bonchev–Trinajstić information content (AvgIpc) is 4.06. The van der Waals surface area contributed by atoms with Gasteiger partial charge >= 0.3 is 0 Å². The Kier molecular flexibility index (Phi) is 21.9. The lowest BCUT2D eigenvalue weighted by Crippen LogP contribution is -2.58. The summed E-state index contributed by atoms with van der Waals surface area (Å²) in [6.07, 6.45) is 2.53. The minimum absolute atomic E-state index is 0.0202. The highest BCUT2D eigenvalue weighted by Crippen LogP contribution is 2.39. The SMILES string of the molecule is Cc1cc(Nc2ncc(Cl)c(Nc3ccccc3S(=O)(=O)C(C)C)n2)c(OC(C)C)cc1C1CCN(CCOCCOCCOCC(=O)N[C@H](C(=O)N2C[C@H](O)C[C@H]2C(=O)NCc2ccc(-c3scnc3C)cc2)C(C)(C)C)CC1. The predicted molar refractivity (Wildman–Crippen MR) is 312 cm³/mol. The number of carbonyl (C=O) groups excluding carboxylic acids is 3. The van der Waals surface area contributed by atoms with Crippen LogP contribution in [0.15, 0.2) is 77.3 Å². The molecule has 0 spiro atoms. The lowest BCUT2D eigenvalue weighted by atomic mass is 9.85. The number of halogens is 1. The molecule has 3 atom stereocenters. The fourth-order valence-electron chi connectivity index (χ4n) is 9.68. The number of nitrogens with one attached hydrogen (secondary N) is 4. The standard InChI is InChI=1S/C58H78ClN9O10S2/c1-36(2)78-49-30-44(38(5)28-47(49)64-57-61-32-45(59)54(66-57)63-46-12-10-11-13-50(46)80(73,74)37(3)4)41-18-20-67(21-19-41)22-23-75-24-25-76-26-27-77-34-51(70)65-53(58(7,8)9)56(72)68-33-43(69)29-48(68)55(71)60-31-40-14-16-42(17-15-40)52-39(6)62-35-79-52/h10-17,28,30,32,35-37,41,43,48,53,69H,18-27,29,31,33-34H2,1-9H3,(H,60,71)(H,65,70)(H2,61,63,64,66)/t43-,48+,53-/m1/s1. The highest BCUT2D eigenvalue weighted by Gasteiger charge is 2.44. The maximum atomic E-state index is 14.0. The summed E-state index contributed by atoms with van der Waals surface area (Å²) >= 11 is 8.10. The van der Waals surface area contributed by atoms with Crippen LogP contribution in [0, 0.1) is 19.3 Å². The summed E-state index contributed by atoms with van der Waals surface area (Å²) in [5.41, 5.74) is 7.40. The van der Waals surface area contributed by atoms with Crippen LogP contribution in [-0.2, 0) is 45.0 Å². The molecule has 434 valence electrons. The number of likely N-dealkylation sites (tertiary alicyclic amines) is 2. The number of anilines is 4. The monoisotopic (exact) mass is 1160 g/mol. The molecule has 0 unspecified atom stereocenters. The number of amides is 3. The molecule has 2 aromatic heterocycles. The Bertz CT molecular complexity index is 3000. The van der Waals surface area contributed by atoms with Gasteiger partial charge < -0.3 is 55.1 Å². The number of aromatic nitrogens is 3. The zero-order valence-corrected chi connectivity index (χ0v) is 49.7. The molecule has 4 heterocycles. The highest BCUT2D eigenvalue weighted by atomic mass is 35.5. The van der Waals surface area contributed by atoms with E-state index in [2.05, 4.69) is 60.2 Å². The molecule has 7 rings (SSSR count). The van der Waals surface area contributed by atoms with E-state index in [0.717, 1.165) is 59.7 Å². The summed E-state index contributed by atoms with van der Waals surface area (Å²) in [5, 5.41) is 22.4. The van der Waals surface area contributed by atoms with Crippen LogP contribution >= 0.6 is 22.9 Å². The van der Waals surface area contributed by atoms with E-state index in [1.165, 1.54) is 16.7 Å². The maximum Gasteiger partial charge on any atom is 0.246 e. The van der Waals surface area contributed by atoms with Crippen molar-refractivity contribution in [2.24, 2.45) is 5.41 Å². The second kappa shape index (κ2) is 28.3. The molecule has 22 heteroatoms. The number of sulfone groups is 1.